The summed E-state index contributed by atoms with van der Waals surface area (Å²) in [5, 5.41) is 3.94. The summed E-state index contributed by atoms with van der Waals surface area (Å²) >= 11 is 4.59. The number of halogens is 1. The molecular weight excluding hydrogens is 683 g/mol. The Morgan fingerprint density at radius 1 is 0.521 bits per heavy atom. The van der Waals surface area contributed by atoms with Crippen LogP contribution in [0.3, 0.4) is 0 Å². The molecule has 248 valence electrons. The first-order valence-electron chi connectivity index (χ1n) is 17.4. The van der Waals surface area contributed by atoms with Crippen LogP contribution in [-0.2, 0) is 4.43 Å². The Kier molecular flexibility index (Phi) is 12.3. The van der Waals surface area contributed by atoms with Crippen molar-refractivity contribution in [3.8, 4) is 11.8 Å². The van der Waals surface area contributed by atoms with Crippen molar-refractivity contribution in [3.05, 3.63) is 152 Å². The average Bonchev–Trinajstić information content (AvgIpc) is 3.13. The van der Waals surface area contributed by atoms with Crippen LogP contribution in [0.15, 0.2) is 152 Å². The van der Waals surface area contributed by atoms with Crippen molar-refractivity contribution in [2.24, 2.45) is 0 Å². The largest absolute Gasteiger partial charge is 0.0623 e. The molecule has 0 saturated carbocycles. The zero-order valence-electron chi connectivity index (χ0n) is 28.8. The second-order valence-electron chi connectivity index (χ2n) is 13.7. The monoisotopic (exact) mass is 732 g/mol. The van der Waals surface area contributed by atoms with Crippen LogP contribution in [0.2, 0.25) is 5.04 Å². The van der Waals surface area contributed by atoms with E-state index in [1.165, 1.54) is 52.0 Å². The molecule has 0 aromatic heterocycles. The van der Waals surface area contributed by atoms with Gasteiger partial charge in [-0.25, -0.2) is 0 Å². The van der Waals surface area contributed by atoms with Crippen molar-refractivity contribution in [2.75, 3.05) is 12.8 Å². The minimum Gasteiger partial charge on any atom is -0.0623 e. The second-order valence-corrected chi connectivity index (χ2v) is 27.1. The van der Waals surface area contributed by atoms with Gasteiger partial charge in [0.25, 0.3) is 0 Å². The predicted molar refractivity (Wildman–Crippen MR) is 218 cm³/mol. The summed E-state index contributed by atoms with van der Waals surface area (Å²) in [6.07, 6.45) is 7.94. The Labute approximate surface area is 299 Å². The number of hydrogen-bond acceptors (Lipinski definition) is 1. The Balaban J connectivity index is 1.19. The van der Waals surface area contributed by atoms with Crippen LogP contribution < -0.4 is 26.3 Å². The van der Waals surface area contributed by atoms with Crippen molar-refractivity contribution in [1.82, 2.24) is 0 Å². The molecule has 0 amide bonds. The Morgan fingerprint density at radius 3 is 1.31 bits per heavy atom. The van der Waals surface area contributed by atoms with Gasteiger partial charge >= 0.3 is 204 Å². The SMILES string of the molecule is CC(C)(C)[Si](OCC#CCCCCCCCP(Br)(c1ccccc1)(c1ccccc1)c1ccccc1)(c1ccccc1)c1ccccc1. The number of benzene rings is 5. The molecule has 0 aliphatic heterocycles. The summed E-state index contributed by atoms with van der Waals surface area (Å²) in [6.45, 7) is 7.41. The molecule has 5 rings (SSSR count). The van der Waals surface area contributed by atoms with Crippen LogP contribution in [0.4, 0.5) is 0 Å². The summed E-state index contributed by atoms with van der Waals surface area (Å²) in [5.74, 6) is 6.84. The van der Waals surface area contributed by atoms with Gasteiger partial charge in [0, 0.05) is 0 Å². The number of rotatable bonds is 14. The molecule has 0 bridgehead atoms. The summed E-state index contributed by atoms with van der Waals surface area (Å²) in [5.41, 5.74) is 0. The molecule has 0 spiro atoms. The van der Waals surface area contributed by atoms with Gasteiger partial charge in [0.15, 0.2) is 0 Å². The minimum atomic E-state index is -2.83. The van der Waals surface area contributed by atoms with E-state index in [9.17, 15) is 0 Å². The van der Waals surface area contributed by atoms with Crippen LogP contribution >= 0.6 is 20.8 Å². The van der Waals surface area contributed by atoms with E-state index >= 15 is 0 Å². The molecule has 0 radical (unpaired) electrons. The van der Waals surface area contributed by atoms with Crippen LogP contribution in [0, 0.1) is 11.8 Å². The molecule has 0 heterocycles. The topological polar surface area (TPSA) is 9.23 Å². The summed E-state index contributed by atoms with van der Waals surface area (Å²) in [7, 11) is -2.54. The third-order valence-corrected chi connectivity index (χ3v) is 24.7. The molecule has 0 aliphatic rings. The van der Waals surface area contributed by atoms with Gasteiger partial charge in [-0.05, 0) is 15.4 Å². The maximum atomic E-state index is 6.94. The molecule has 0 saturated heterocycles. The van der Waals surface area contributed by atoms with Crippen molar-refractivity contribution >= 4 is 55.4 Å². The van der Waals surface area contributed by atoms with Crippen LogP contribution in [0.25, 0.3) is 0 Å². The first-order valence-corrected chi connectivity index (χ1v) is 23.8. The predicted octanol–water partition coefficient (Wildman–Crippen LogP) is 9.75. The fourth-order valence-corrected chi connectivity index (χ4v) is 19.4. The standard InChI is InChI=1S/C44H50BrOPSi/c1-44(2,3)48(42-33-21-13-22-34-42,43-35-23-14-24-36-43)46-37-25-8-6-4-5-7-9-26-38-47(45,39-27-15-10-16-28-39,40-29-17-11-18-30-40)41-31-19-12-20-32-41/h10-24,27-36H,4-7,9,26,37-38H2,1-3H3. The van der Waals surface area contributed by atoms with Crippen LogP contribution in [0.1, 0.15) is 59.3 Å². The zero-order valence-corrected chi connectivity index (χ0v) is 32.3. The quantitative estimate of drug-likeness (QED) is 0.0478. The molecule has 5 aromatic carbocycles. The molecule has 1 nitrogen and oxygen atoms in total. The van der Waals surface area contributed by atoms with E-state index in [-0.39, 0.29) is 5.04 Å². The molecule has 4 heteroatoms. The molecule has 0 unspecified atom stereocenters. The van der Waals surface area contributed by atoms with Crippen molar-refractivity contribution in [3.63, 3.8) is 0 Å². The number of hydrogen-bond donors (Lipinski definition) is 0. The first kappa shape index (κ1) is 36.0. The number of unbranched alkanes of at least 4 members (excludes halogenated alkanes) is 5. The van der Waals surface area contributed by atoms with Crippen molar-refractivity contribution in [1.29, 1.82) is 0 Å². The van der Waals surface area contributed by atoms with E-state index < -0.39 is 13.6 Å². The smallest absolute Gasteiger partial charge is 0.0278 e. The van der Waals surface area contributed by atoms with Crippen LogP contribution in [-0.4, -0.2) is 21.1 Å². The van der Waals surface area contributed by atoms with Crippen LogP contribution in [0.5, 0.6) is 0 Å². The second kappa shape index (κ2) is 16.4. The maximum absolute atomic E-state index is 6.94. The third-order valence-electron chi connectivity index (χ3n) is 9.67. The zero-order chi connectivity index (χ0) is 33.8. The Hall–Kier alpha value is -3.25. The van der Waals surface area contributed by atoms with Gasteiger partial charge in [-0.15, -0.1) is 0 Å². The molecule has 0 aliphatic carbocycles. The van der Waals surface area contributed by atoms with Gasteiger partial charge in [0.05, 0.1) is 0 Å². The fourth-order valence-electron chi connectivity index (χ4n) is 7.25. The minimum absolute atomic E-state index is 0.0348. The normalized spacial score (nSPS) is 12.8. The Bertz CT molecular complexity index is 1610. The molecule has 0 fully saturated rings. The molecular formula is C44H50BrOPSi. The van der Waals surface area contributed by atoms with E-state index in [1.54, 1.807) is 0 Å². The van der Waals surface area contributed by atoms with Gasteiger partial charge in [0.1, 0.15) is 0 Å². The maximum Gasteiger partial charge on any atom is -0.0278 e. The average molecular weight is 734 g/mol. The first-order chi connectivity index (χ1) is 23.3. The van der Waals surface area contributed by atoms with Crippen molar-refractivity contribution in [2.45, 2.75) is 64.3 Å². The fraction of sp³-hybridized carbons (Fsp3) is 0.273. The van der Waals surface area contributed by atoms with E-state index in [0.29, 0.717) is 6.61 Å². The van der Waals surface area contributed by atoms with Gasteiger partial charge < -0.3 is 0 Å². The molecule has 0 N–H and O–H groups in total. The van der Waals surface area contributed by atoms with Gasteiger partial charge in [0.2, 0.25) is 0 Å². The third kappa shape index (κ3) is 7.64. The van der Waals surface area contributed by atoms with Gasteiger partial charge in [-0.1, -0.05) is 81.4 Å². The van der Waals surface area contributed by atoms with Gasteiger partial charge in [-0.2, -0.15) is 0 Å². The Morgan fingerprint density at radius 2 is 0.896 bits per heavy atom. The summed E-state index contributed by atoms with van der Waals surface area (Å²) < 4.78 is 6.94. The summed E-state index contributed by atoms with van der Waals surface area (Å²) in [6, 6.07) is 55.1. The molecule has 48 heavy (non-hydrogen) atoms. The van der Waals surface area contributed by atoms with E-state index in [1.807, 2.05) is 0 Å². The van der Waals surface area contributed by atoms with E-state index in [0.717, 1.165) is 19.0 Å². The summed E-state index contributed by atoms with van der Waals surface area (Å²) in [4.78, 5) is 0. The van der Waals surface area contributed by atoms with E-state index in [2.05, 4.69) is 200 Å². The van der Waals surface area contributed by atoms with Gasteiger partial charge in [-0.3, -0.25) is 0 Å². The molecule has 5 aromatic rings. The van der Waals surface area contributed by atoms with E-state index in [4.69, 9.17) is 4.43 Å². The van der Waals surface area contributed by atoms with Crippen molar-refractivity contribution < 1.29 is 4.43 Å². The molecule has 0 atom stereocenters.